The largest absolute Gasteiger partial charge is 0.506 e. The zero-order valence-corrected chi connectivity index (χ0v) is 11.2. The van der Waals surface area contributed by atoms with E-state index in [1.807, 2.05) is 30.3 Å². The lowest BCUT2D eigenvalue weighted by molar-refractivity contribution is 0.102. The predicted octanol–water partition coefficient (Wildman–Crippen LogP) is 3.38. The molecule has 3 aromatic rings. The number of amides is 1. The lowest BCUT2D eigenvalue weighted by Gasteiger charge is -2.11. The van der Waals surface area contributed by atoms with E-state index in [0.717, 1.165) is 5.39 Å². The van der Waals surface area contributed by atoms with Gasteiger partial charge in [0, 0.05) is 22.1 Å². The van der Waals surface area contributed by atoms with Crippen LogP contribution in [0.4, 0.5) is 11.4 Å². The van der Waals surface area contributed by atoms with Crippen LogP contribution in [0.5, 0.6) is 5.75 Å². The molecule has 104 valence electrons. The molecule has 0 aliphatic rings. The zero-order chi connectivity index (χ0) is 14.8. The molecular formula is C17H14N2O2. The van der Waals surface area contributed by atoms with Gasteiger partial charge in [-0.05, 0) is 18.2 Å². The number of fused-ring (bicyclic) bond motifs is 1. The highest BCUT2D eigenvalue weighted by atomic mass is 16.3. The van der Waals surface area contributed by atoms with Gasteiger partial charge in [-0.2, -0.15) is 0 Å². The van der Waals surface area contributed by atoms with Crippen LogP contribution in [0.15, 0.2) is 60.7 Å². The van der Waals surface area contributed by atoms with Crippen LogP contribution >= 0.6 is 0 Å². The summed E-state index contributed by atoms with van der Waals surface area (Å²) in [5.41, 5.74) is 7.25. The van der Waals surface area contributed by atoms with E-state index in [2.05, 4.69) is 5.32 Å². The highest BCUT2D eigenvalue weighted by molar-refractivity contribution is 6.12. The number of hydrogen-bond donors (Lipinski definition) is 3. The molecule has 21 heavy (non-hydrogen) atoms. The zero-order valence-electron chi connectivity index (χ0n) is 11.2. The Labute approximate surface area is 121 Å². The van der Waals surface area contributed by atoms with Crippen molar-refractivity contribution < 1.29 is 9.90 Å². The maximum absolute atomic E-state index is 12.3. The van der Waals surface area contributed by atoms with Crippen molar-refractivity contribution in [1.82, 2.24) is 0 Å². The standard InChI is InChI=1S/C17H14N2O2/c18-15-10-14(16(20)13-9-5-4-8-12(13)15)17(21)19-11-6-2-1-3-7-11/h1-10,20H,18H2,(H,19,21). The van der Waals surface area contributed by atoms with Gasteiger partial charge in [-0.1, -0.05) is 42.5 Å². The molecule has 4 nitrogen and oxygen atoms in total. The van der Waals surface area contributed by atoms with Crippen molar-refractivity contribution in [2.24, 2.45) is 0 Å². The second-order valence-electron chi connectivity index (χ2n) is 4.73. The number of aromatic hydroxyl groups is 1. The highest BCUT2D eigenvalue weighted by Crippen LogP contribution is 2.33. The summed E-state index contributed by atoms with van der Waals surface area (Å²) in [6, 6.07) is 17.7. The number of nitrogens with two attached hydrogens (primary N) is 1. The monoisotopic (exact) mass is 278 g/mol. The van der Waals surface area contributed by atoms with Crippen LogP contribution in [-0.2, 0) is 0 Å². The second-order valence-corrected chi connectivity index (χ2v) is 4.73. The molecule has 0 spiro atoms. The average molecular weight is 278 g/mol. The molecule has 0 saturated heterocycles. The molecule has 0 atom stereocenters. The molecule has 3 rings (SSSR count). The Morgan fingerprint density at radius 2 is 1.57 bits per heavy atom. The molecule has 4 N–H and O–H groups in total. The normalized spacial score (nSPS) is 10.5. The minimum absolute atomic E-state index is 0.0618. The van der Waals surface area contributed by atoms with Gasteiger partial charge in [0.15, 0.2) is 0 Å². The molecule has 0 bridgehead atoms. The number of carbonyl (C=O) groups excluding carboxylic acids is 1. The van der Waals surface area contributed by atoms with E-state index >= 15 is 0 Å². The van der Waals surface area contributed by atoms with Crippen molar-refractivity contribution in [3.63, 3.8) is 0 Å². The molecule has 0 saturated carbocycles. The number of para-hydroxylation sites is 1. The van der Waals surface area contributed by atoms with E-state index in [1.54, 1.807) is 24.3 Å². The molecule has 0 unspecified atom stereocenters. The third-order valence-electron chi connectivity index (χ3n) is 3.32. The second kappa shape index (κ2) is 5.17. The molecule has 4 heteroatoms. The van der Waals surface area contributed by atoms with Crippen LogP contribution in [0.2, 0.25) is 0 Å². The lowest BCUT2D eigenvalue weighted by atomic mass is 10.0. The smallest absolute Gasteiger partial charge is 0.259 e. The van der Waals surface area contributed by atoms with Gasteiger partial charge in [0.05, 0.1) is 5.56 Å². The van der Waals surface area contributed by atoms with Gasteiger partial charge in [0.2, 0.25) is 0 Å². The molecule has 0 fully saturated rings. The van der Waals surface area contributed by atoms with Crippen molar-refractivity contribution in [3.8, 4) is 5.75 Å². The summed E-state index contributed by atoms with van der Waals surface area (Å²) in [6.45, 7) is 0. The van der Waals surface area contributed by atoms with E-state index in [9.17, 15) is 9.90 Å². The van der Waals surface area contributed by atoms with Crippen LogP contribution < -0.4 is 11.1 Å². The molecule has 0 aliphatic carbocycles. The van der Waals surface area contributed by atoms with Crippen molar-refractivity contribution in [2.45, 2.75) is 0 Å². The maximum Gasteiger partial charge on any atom is 0.259 e. The summed E-state index contributed by atoms with van der Waals surface area (Å²) in [5, 5.41) is 14.3. The number of nitrogen functional groups attached to an aromatic ring is 1. The summed E-state index contributed by atoms with van der Waals surface area (Å²) in [5.74, 6) is -0.454. The third-order valence-corrected chi connectivity index (χ3v) is 3.32. The Balaban J connectivity index is 2.04. The van der Waals surface area contributed by atoms with E-state index in [-0.39, 0.29) is 11.3 Å². The molecule has 0 heterocycles. The number of carbonyl (C=O) groups is 1. The van der Waals surface area contributed by atoms with Gasteiger partial charge < -0.3 is 16.2 Å². The fourth-order valence-corrected chi connectivity index (χ4v) is 2.28. The Morgan fingerprint density at radius 3 is 2.29 bits per heavy atom. The first-order valence-electron chi connectivity index (χ1n) is 6.53. The van der Waals surface area contributed by atoms with Crippen LogP contribution in [0.25, 0.3) is 10.8 Å². The molecule has 3 aromatic carbocycles. The summed E-state index contributed by atoms with van der Waals surface area (Å²) >= 11 is 0. The lowest BCUT2D eigenvalue weighted by Crippen LogP contribution is -2.12. The summed E-state index contributed by atoms with van der Waals surface area (Å²) in [4.78, 5) is 12.3. The van der Waals surface area contributed by atoms with Gasteiger partial charge in [0.1, 0.15) is 5.75 Å². The Morgan fingerprint density at radius 1 is 0.952 bits per heavy atom. The first kappa shape index (κ1) is 13.0. The van der Waals surface area contributed by atoms with Gasteiger partial charge in [0.25, 0.3) is 5.91 Å². The van der Waals surface area contributed by atoms with E-state index in [1.165, 1.54) is 6.07 Å². The number of rotatable bonds is 2. The summed E-state index contributed by atoms with van der Waals surface area (Å²) in [7, 11) is 0. The van der Waals surface area contributed by atoms with Gasteiger partial charge in [-0.3, -0.25) is 4.79 Å². The molecule has 1 amide bonds. The number of phenols is 1. The predicted molar refractivity (Wildman–Crippen MR) is 84.4 cm³/mol. The number of anilines is 2. The van der Waals surface area contributed by atoms with Crippen molar-refractivity contribution in [1.29, 1.82) is 0 Å². The van der Waals surface area contributed by atoms with Crippen molar-refractivity contribution >= 4 is 28.1 Å². The fourth-order valence-electron chi connectivity index (χ4n) is 2.28. The number of nitrogens with one attached hydrogen (secondary N) is 1. The van der Waals surface area contributed by atoms with Crippen LogP contribution in [0.3, 0.4) is 0 Å². The molecule has 0 aromatic heterocycles. The third kappa shape index (κ3) is 2.39. The van der Waals surface area contributed by atoms with Crippen molar-refractivity contribution in [2.75, 3.05) is 11.1 Å². The van der Waals surface area contributed by atoms with Gasteiger partial charge >= 0.3 is 0 Å². The quantitative estimate of drug-likeness (QED) is 0.497. The number of hydrogen-bond acceptors (Lipinski definition) is 3. The summed E-state index contributed by atoms with van der Waals surface area (Å²) in [6.07, 6.45) is 0. The van der Waals surface area contributed by atoms with E-state index < -0.39 is 5.91 Å². The molecule has 0 radical (unpaired) electrons. The Kier molecular flexibility index (Phi) is 3.20. The Hall–Kier alpha value is -3.01. The number of benzene rings is 3. The topological polar surface area (TPSA) is 75.4 Å². The van der Waals surface area contributed by atoms with Gasteiger partial charge in [-0.25, -0.2) is 0 Å². The van der Waals surface area contributed by atoms with Crippen molar-refractivity contribution in [3.05, 3.63) is 66.2 Å². The SMILES string of the molecule is Nc1cc(C(=O)Nc2ccccc2)c(O)c2ccccc12. The summed E-state index contributed by atoms with van der Waals surface area (Å²) < 4.78 is 0. The van der Waals surface area contributed by atoms with Crippen LogP contribution in [-0.4, -0.2) is 11.0 Å². The number of phenolic OH excluding ortho intramolecular Hbond substituents is 1. The van der Waals surface area contributed by atoms with E-state index in [4.69, 9.17) is 5.73 Å². The molecular weight excluding hydrogens is 264 g/mol. The van der Waals surface area contributed by atoms with Crippen LogP contribution in [0, 0.1) is 0 Å². The molecule has 0 aliphatic heterocycles. The maximum atomic E-state index is 12.3. The minimum atomic E-state index is -0.392. The first-order chi connectivity index (χ1) is 10.2. The van der Waals surface area contributed by atoms with E-state index in [0.29, 0.717) is 16.8 Å². The fraction of sp³-hybridized carbons (Fsp3) is 0. The first-order valence-corrected chi connectivity index (χ1v) is 6.53. The minimum Gasteiger partial charge on any atom is -0.506 e. The van der Waals surface area contributed by atoms with Gasteiger partial charge in [-0.15, -0.1) is 0 Å². The van der Waals surface area contributed by atoms with Crippen LogP contribution in [0.1, 0.15) is 10.4 Å². The Bertz CT molecular complexity index is 814. The average Bonchev–Trinajstić information content (AvgIpc) is 2.52. The highest BCUT2D eigenvalue weighted by Gasteiger charge is 2.16.